The van der Waals surface area contributed by atoms with Crippen LogP contribution in [0.25, 0.3) is 6.08 Å². The van der Waals surface area contributed by atoms with E-state index >= 15 is 0 Å². The molecule has 0 amide bonds. The van der Waals surface area contributed by atoms with Gasteiger partial charge in [-0.3, -0.25) is 0 Å². The molecule has 1 aromatic rings. The van der Waals surface area contributed by atoms with Crippen molar-refractivity contribution in [1.29, 1.82) is 0 Å². The highest BCUT2D eigenvalue weighted by Crippen LogP contribution is 2.13. The van der Waals surface area contributed by atoms with Crippen LogP contribution < -0.4 is 0 Å². The summed E-state index contributed by atoms with van der Waals surface area (Å²) in [6.07, 6.45) is 5.70. The van der Waals surface area contributed by atoms with E-state index in [1.54, 1.807) is 43.3 Å². The highest BCUT2D eigenvalue weighted by molar-refractivity contribution is 7.91. The van der Waals surface area contributed by atoms with Crippen molar-refractivity contribution in [3.05, 3.63) is 48.1 Å². The van der Waals surface area contributed by atoms with E-state index in [9.17, 15) is 13.2 Å². The van der Waals surface area contributed by atoms with Crippen LogP contribution in [0.3, 0.4) is 0 Å². The van der Waals surface area contributed by atoms with E-state index in [-0.39, 0.29) is 5.75 Å². The molecule has 0 saturated heterocycles. The lowest BCUT2D eigenvalue weighted by Crippen LogP contribution is -2.02. The molecule has 0 spiro atoms. The Labute approximate surface area is 106 Å². The molecular formula is C13H14O4S. The Morgan fingerprint density at radius 1 is 1.22 bits per heavy atom. The number of rotatable bonds is 5. The second kappa shape index (κ2) is 6.16. The fourth-order valence-corrected chi connectivity index (χ4v) is 2.14. The third-order valence-corrected chi connectivity index (χ3v) is 4.01. The summed E-state index contributed by atoms with van der Waals surface area (Å²) in [5, 5.41) is 8.38. The molecule has 0 aliphatic heterocycles. The second-order valence-corrected chi connectivity index (χ2v) is 5.81. The summed E-state index contributed by atoms with van der Waals surface area (Å²) in [6.45, 7) is 1.60. The molecule has 18 heavy (non-hydrogen) atoms. The van der Waals surface area contributed by atoms with Gasteiger partial charge in [-0.25, -0.2) is 13.2 Å². The van der Waals surface area contributed by atoms with Crippen molar-refractivity contribution in [1.82, 2.24) is 0 Å². The summed E-state index contributed by atoms with van der Waals surface area (Å²) >= 11 is 0. The molecule has 0 heterocycles. The van der Waals surface area contributed by atoms with Crippen molar-refractivity contribution in [3.63, 3.8) is 0 Å². The van der Waals surface area contributed by atoms with Gasteiger partial charge in [-0.05, 0) is 17.7 Å². The minimum absolute atomic E-state index is 0.0730. The SMILES string of the molecule is CCS(=O)(=O)c1ccc(/C=C/C=C/C(=O)O)cc1. The number of carbonyl (C=O) groups is 1. The van der Waals surface area contributed by atoms with E-state index in [1.165, 1.54) is 6.08 Å². The molecule has 0 bridgehead atoms. The average Bonchev–Trinajstić information content (AvgIpc) is 2.35. The van der Waals surface area contributed by atoms with E-state index in [0.29, 0.717) is 4.90 Å². The summed E-state index contributed by atoms with van der Waals surface area (Å²) in [5.41, 5.74) is 0.806. The number of benzene rings is 1. The lowest BCUT2D eigenvalue weighted by atomic mass is 10.2. The molecule has 0 aliphatic rings. The van der Waals surface area contributed by atoms with Crippen LogP contribution in [0.5, 0.6) is 0 Å². The zero-order valence-corrected chi connectivity index (χ0v) is 10.7. The first-order valence-corrected chi connectivity index (χ1v) is 7.01. The van der Waals surface area contributed by atoms with Crippen molar-refractivity contribution in [3.8, 4) is 0 Å². The maximum Gasteiger partial charge on any atom is 0.328 e. The van der Waals surface area contributed by atoms with Gasteiger partial charge >= 0.3 is 5.97 Å². The van der Waals surface area contributed by atoms with E-state index < -0.39 is 15.8 Å². The van der Waals surface area contributed by atoms with Crippen molar-refractivity contribution < 1.29 is 18.3 Å². The first-order valence-electron chi connectivity index (χ1n) is 5.36. The molecule has 96 valence electrons. The number of hydrogen-bond acceptors (Lipinski definition) is 3. The minimum atomic E-state index is -3.17. The van der Waals surface area contributed by atoms with Crippen LogP contribution in [0.2, 0.25) is 0 Å². The molecule has 5 heteroatoms. The number of aliphatic carboxylic acids is 1. The Hall–Kier alpha value is -1.88. The van der Waals surface area contributed by atoms with Gasteiger partial charge in [-0.1, -0.05) is 37.3 Å². The maximum atomic E-state index is 11.6. The van der Waals surface area contributed by atoms with Gasteiger partial charge in [0.1, 0.15) is 0 Å². The summed E-state index contributed by atoms with van der Waals surface area (Å²) in [5.74, 6) is -0.937. The number of sulfone groups is 1. The highest BCUT2D eigenvalue weighted by atomic mass is 32.2. The third-order valence-electron chi connectivity index (χ3n) is 2.26. The first kappa shape index (κ1) is 14.2. The lowest BCUT2D eigenvalue weighted by Gasteiger charge is -2.01. The van der Waals surface area contributed by atoms with Gasteiger partial charge in [0.2, 0.25) is 0 Å². The predicted octanol–water partition coefficient (Wildman–Crippen LogP) is 2.13. The van der Waals surface area contributed by atoms with E-state index in [2.05, 4.69) is 0 Å². The molecule has 1 aromatic carbocycles. The lowest BCUT2D eigenvalue weighted by molar-refractivity contribution is -0.131. The molecule has 0 aliphatic carbocycles. The average molecular weight is 266 g/mol. The van der Waals surface area contributed by atoms with Gasteiger partial charge in [-0.2, -0.15) is 0 Å². The number of hydrogen-bond donors (Lipinski definition) is 1. The normalized spacial score (nSPS) is 12.3. The van der Waals surface area contributed by atoms with Gasteiger partial charge < -0.3 is 5.11 Å². The van der Waals surface area contributed by atoms with Gasteiger partial charge in [-0.15, -0.1) is 0 Å². The van der Waals surface area contributed by atoms with Gasteiger partial charge in [0.25, 0.3) is 0 Å². The van der Waals surface area contributed by atoms with Crippen LogP contribution >= 0.6 is 0 Å². The Kier molecular flexibility index (Phi) is 4.85. The van der Waals surface area contributed by atoms with Crippen molar-refractivity contribution >= 4 is 21.9 Å². The van der Waals surface area contributed by atoms with Crippen molar-refractivity contribution in [2.45, 2.75) is 11.8 Å². The highest BCUT2D eigenvalue weighted by Gasteiger charge is 2.09. The summed E-state index contributed by atoms with van der Waals surface area (Å²) in [7, 11) is -3.17. The molecule has 4 nitrogen and oxygen atoms in total. The number of carboxylic acids is 1. The topological polar surface area (TPSA) is 71.4 Å². The van der Waals surface area contributed by atoms with Crippen LogP contribution in [0, 0.1) is 0 Å². The molecule has 0 radical (unpaired) electrons. The molecule has 0 aromatic heterocycles. The van der Waals surface area contributed by atoms with E-state index in [4.69, 9.17) is 5.11 Å². The monoisotopic (exact) mass is 266 g/mol. The largest absolute Gasteiger partial charge is 0.478 e. The summed E-state index contributed by atoms with van der Waals surface area (Å²) in [6, 6.07) is 6.43. The standard InChI is InChI=1S/C13H14O4S/c1-2-18(16,17)12-9-7-11(8-10-12)5-3-4-6-13(14)15/h3-10H,2H2,1H3,(H,14,15)/b5-3+,6-4+. The van der Waals surface area contributed by atoms with Crippen LogP contribution in [0.15, 0.2) is 47.4 Å². The zero-order valence-electron chi connectivity index (χ0n) is 9.91. The van der Waals surface area contributed by atoms with Crippen LogP contribution in [-0.4, -0.2) is 25.2 Å². The quantitative estimate of drug-likeness (QED) is 0.654. The van der Waals surface area contributed by atoms with Gasteiger partial charge in [0.05, 0.1) is 10.6 Å². The number of carboxylic acid groups (broad SMARTS) is 1. The Bertz CT molecular complexity index is 566. The Morgan fingerprint density at radius 2 is 1.83 bits per heavy atom. The van der Waals surface area contributed by atoms with Crippen molar-refractivity contribution in [2.24, 2.45) is 0 Å². The van der Waals surface area contributed by atoms with E-state index in [0.717, 1.165) is 11.6 Å². The smallest absolute Gasteiger partial charge is 0.328 e. The molecule has 0 unspecified atom stereocenters. The summed E-state index contributed by atoms with van der Waals surface area (Å²) in [4.78, 5) is 10.5. The predicted molar refractivity (Wildman–Crippen MR) is 70.0 cm³/mol. The third kappa shape index (κ3) is 4.18. The minimum Gasteiger partial charge on any atom is -0.478 e. The molecule has 1 rings (SSSR count). The van der Waals surface area contributed by atoms with Crippen molar-refractivity contribution in [2.75, 3.05) is 5.75 Å². The molecule has 0 atom stereocenters. The second-order valence-electron chi connectivity index (χ2n) is 3.53. The Balaban J connectivity index is 2.81. The molecule has 1 N–H and O–H groups in total. The molecule has 0 fully saturated rings. The van der Waals surface area contributed by atoms with Crippen LogP contribution in [-0.2, 0) is 14.6 Å². The van der Waals surface area contributed by atoms with Crippen LogP contribution in [0.4, 0.5) is 0 Å². The molecule has 0 saturated carbocycles. The zero-order chi connectivity index (χ0) is 13.6. The molecular weight excluding hydrogens is 252 g/mol. The van der Waals surface area contributed by atoms with Gasteiger partial charge in [0, 0.05) is 6.08 Å². The van der Waals surface area contributed by atoms with Gasteiger partial charge in [0.15, 0.2) is 9.84 Å². The Morgan fingerprint density at radius 3 is 2.33 bits per heavy atom. The first-order chi connectivity index (χ1) is 8.45. The maximum absolute atomic E-state index is 11.6. The summed E-state index contributed by atoms with van der Waals surface area (Å²) < 4.78 is 23.1. The van der Waals surface area contributed by atoms with E-state index in [1.807, 2.05) is 0 Å². The fourth-order valence-electron chi connectivity index (χ4n) is 1.26. The fraction of sp³-hybridized carbons (Fsp3) is 0.154. The number of allylic oxidation sites excluding steroid dienone is 2. The van der Waals surface area contributed by atoms with Crippen LogP contribution in [0.1, 0.15) is 12.5 Å².